The summed E-state index contributed by atoms with van der Waals surface area (Å²) >= 11 is 3.52. The first-order valence-corrected chi connectivity index (χ1v) is 7.27. The molecule has 0 bridgehead atoms. The number of hydrogen-bond donors (Lipinski definition) is 0. The van der Waals surface area contributed by atoms with Crippen LogP contribution in [-0.2, 0) is 12.8 Å². The first-order valence-electron chi connectivity index (χ1n) is 6.15. The van der Waals surface area contributed by atoms with Gasteiger partial charge in [0.15, 0.2) is 0 Å². The van der Waals surface area contributed by atoms with Gasteiger partial charge in [-0.05, 0) is 47.1 Å². The van der Waals surface area contributed by atoms with Gasteiger partial charge in [0.1, 0.15) is 0 Å². The van der Waals surface area contributed by atoms with Crippen LogP contribution in [0.4, 0.5) is 0 Å². The van der Waals surface area contributed by atoms with Gasteiger partial charge >= 0.3 is 0 Å². The van der Waals surface area contributed by atoms with Crippen LogP contribution in [0.15, 0.2) is 42.5 Å². The number of benzene rings is 2. The van der Waals surface area contributed by atoms with Gasteiger partial charge < -0.3 is 0 Å². The van der Waals surface area contributed by atoms with Crippen LogP contribution in [0.2, 0.25) is 0 Å². The van der Waals surface area contributed by atoms with Gasteiger partial charge in [-0.25, -0.2) is 0 Å². The van der Waals surface area contributed by atoms with Crippen LogP contribution in [0.25, 0.3) is 11.1 Å². The summed E-state index contributed by atoms with van der Waals surface area (Å²) in [6.45, 7) is 0. The van der Waals surface area contributed by atoms with Gasteiger partial charge in [-0.15, -0.1) is 0 Å². The molecule has 0 saturated heterocycles. The minimum atomic E-state index is 1.09. The molecule has 0 radical (unpaired) electrons. The molecule has 1 heteroatoms. The fourth-order valence-electron chi connectivity index (χ4n) is 2.71. The second-order valence-corrected chi connectivity index (χ2v) is 5.36. The Hall–Kier alpha value is -1.08. The SMILES string of the molecule is BrCCCc1cccc2c1Cc1ccccc1-2. The Kier molecular flexibility index (Phi) is 3.02. The van der Waals surface area contributed by atoms with E-state index >= 15 is 0 Å². The second-order valence-electron chi connectivity index (χ2n) is 4.57. The van der Waals surface area contributed by atoms with Crippen molar-refractivity contribution in [2.24, 2.45) is 0 Å². The zero-order valence-corrected chi connectivity index (χ0v) is 11.3. The molecule has 0 unspecified atom stereocenters. The summed E-state index contributed by atoms with van der Waals surface area (Å²) in [7, 11) is 0. The van der Waals surface area contributed by atoms with Crippen LogP contribution in [0.5, 0.6) is 0 Å². The van der Waals surface area contributed by atoms with Crippen molar-refractivity contribution in [2.75, 3.05) is 5.33 Å². The molecule has 0 spiro atoms. The summed E-state index contributed by atoms with van der Waals surface area (Å²) in [4.78, 5) is 0. The van der Waals surface area contributed by atoms with E-state index in [9.17, 15) is 0 Å². The summed E-state index contributed by atoms with van der Waals surface area (Å²) in [5.74, 6) is 0. The van der Waals surface area contributed by atoms with Crippen LogP contribution in [0.1, 0.15) is 23.1 Å². The molecule has 0 N–H and O–H groups in total. The average Bonchev–Trinajstić information content (AvgIpc) is 2.75. The van der Waals surface area contributed by atoms with Crippen LogP contribution in [-0.4, -0.2) is 5.33 Å². The third-order valence-corrected chi connectivity index (χ3v) is 4.09. The van der Waals surface area contributed by atoms with Crippen molar-refractivity contribution in [3.63, 3.8) is 0 Å². The van der Waals surface area contributed by atoms with Crippen molar-refractivity contribution in [3.8, 4) is 11.1 Å². The standard InChI is InChI=1S/C16H15Br/c17-10-4-7-12-6-3-9-15-14-8-2-1-5-13(14)11-16(12)15/h1-3,5-6,8-9H,4,7,10-11H2. The molecular formula is C16H15Br. The zero-order chi connectivity index (χ0) is 11.7. The number of rotatable bonds is 3. The molecule has 0 nitrogen and oxygen atoms in total. The normalized spacial score (nSPS) is 12.3. The van der Waals surface area contributed by atoms with E-state index in [0.717, 1.165) is 11.8 Å². The Balaban J connectivity index is 2.05. The van der Waals surface area contributed by atoms with Crippen molar-refractivity contribution in [1.29, 1.82) is 0 Å². The highest BCUT2D eigenvalue weighted by Gasteiger charge is 2.19. The first-order chi connectivity index (χ1) is 8.40. The van der Waals surface area contributed by atoms with E-state index in [2.05, 4.69) is 58.4 Å². The highest BCUT2D eigenvalue weighted by Crippen LogP contribution is 2.38. The van der Waals surface area contributed by atoms with Gasteiger partial charge in [0.05, 0.1) is 0 Å². The summed E-state index contributed by atoms with van der Waals surface area (Å²) in [5, 5.41) is 1.09. The zero-order valence-electron chi connectivity index (χ0n) is 9.75. The molecule has 0 atom stereocenters. The van der Waals surface area contributed by atoms with E-state index < -0.39 is 0 Å². The fourth-order valence-corrected chi connectivity index (χ4v) is 3.00. The molecule has 86 valence electrons. The van der Waals surface area contributed by atoms with Crippen molar-refractivity contribution in [1.82, 2.24) is 0 Å². The predicted octanol–water partition coefficient (Wildman–Crippen LogP) is 4.59. The van der Waals surface area contributed by atoms with Gasteiger partial charge in [0, 0.05) is 5.33 Å². The van der Waals surface area contributed by atoms with Crippen LogP contribution in [0, 0.1) is 0 Å². The maximum absolute atomic E-state index is 3.52. The smallest absolute Gasteiger partial charge is 0.00344 e. The van der Waals surface area contributed by atoms with E-state index in [-0.39, 0.29) is 0 Å². The molecule has 2 aromatic carbocycles. The lowest BCUT2D eigenvalue weighted by atomic mass is 9.98. The summed E-state index contributed by atoms with van der Waals surface area (Å²) < 4.78 is 0. The van der Waals surface area contributed by atoms with Crippen molar-refractivity contribution >= 4 is 15.9 Å². The molecule has 17 heavy (non-hydrogen) atoms. The molecule has 0 amide bonds. The minimum absolute atomic E-state index is 1.09. The van der Waals surface area contributed by atoms with E-state index in [1.807, 2.05) is 0 Å². The molecule has 0 heterocycles. The monoisotopic (exact) mass is 286 g/mol. The molecule has 2 aromatic rings. The number of aryl methyl sites for hydroxylation is 1. The fraction of sp³-hybridized carbons (Fsp3) is 0.250. The Morgan fingerprint density at radius 2 is 1.76 bits per heavy atom. The Morgan fingerprint density at radius 1 is 0.941 bits per heavy atom. The quantitative estimate of drug-likeness (QED) is 0.618. The molecule has 1 aliphatic carbocycles. The summed E-state index contributed by atoms with van der Waals surface area (Å²) in [5.41, 5.74) is 7.44. The molecule has 1 aliphatic rings. The van der Waals surface area contributed by atoms with E-state index in [1.165, 1.54) is 35.1 Å². The lowest BCUT2D eigenvalue weighted by molar-refractivity contribution is 0.924. The third-order valence-electron chi connectivity index (χ3n) is 3.53. The maximum Gasteiger partial charge on any atom is 0.00344 e. The van der Waals surface area contributed by atoms with Crippen molar-refractivity contribution in [3.05, 3.63) is 59.2 Å². The predicted molar refractivity (Wildman–Crippen MR) is 76.8 cm³/mol. The Labute approximate surface area is 111 Å². The number of fused-ring (bicyclic) bond motifs is 3. The molecule has 0 saturated carbocycles. The van der Waals surface area contributed by atoms with E-state index in [4.69, 9.17) is 0 Å². The largest absolute Gasteiger partial charge is 0.0928 e. The summed E-state index contributed by atoms with van der Waals surface area (Å²) in [6, 6.07) is 15.5. The molecule has 3 rings (SSSR count). The number of hydrogen-bond acceptors (Lipinski definition) is 0. The van der Waals surface area contributed by atoms with Crippen LogP contribution >= 0.6 is 15.9 Å². The van der Waals surface area contributed by atoms with Gasteiger partial charge in [0.25, 0.3) is 0 Å². The second kappa shape index (κ2) is 4.66. The molecular weight excluding hydrogens is 272 g/mol. The number of halogens is 1. The van der Waals surface area contributed by atoms with Gasteiger partial charge in [-0.3, -0.25) is 0 Å². The van der Waals surface area contributed by atoms with Crippen molar-refractivity contribution < 1.29 is 0 Å². The first kappa shape index (κ1) is 11.0. The van der Waals surface area contributed by atoms with Gasteiger partial charge in [-0.1, -0.05) is 58.4 Å². The highest BCUT2D eigenvalue weighted by atomic mass is 79.9. The van der Waals surface area contributed by atoms with Crippen molar-refractivity contribution in [2.45, 2.75) is 19.3 Å². The van der Waals surface area contributed by atoms with E-state index in [1.54, 1.807) is 5.56 Å². The van der Waals surface area contributed by atoms with Gasteiger partial charge in [0.2, 0.25) is 0 Å². The number of alkyl halides is 1. The third kappa shape index (κ3) is 1.93. The minimum Gasteiger partial charge on any atom is -0.0928 e. The summed E-state index contributed by atoms with van der Waals surface area (Å²) in [6.07, 6.45) is 3.51. The van der Waals surface area contributed by atoms with Gasteiger partial charge in [-0.2, -0.15) is 0 Å². The molecule has 0 fully saturated rings. The van der Waals surface area contributed by atoms with E-state index in [0.29, 0.717) is 0 Å². The Bertz CT molecular complexity index is 543. The van der Waals surface area contributed by atoms with Crippen LogP contribution in [0.3, 0.4) is 0 Å². The molecule has 0 aliphatic heterocycles. The lowest BCUT2D eigenvalue weighted by Gasteiger charge is -2.07. The average molecular weight is 287 g/mol. The van der Waals surface area contributed by atoms with Crippen LogP contribution < -0.4 is 0 Å². The topological polar surface area (TPSA) is 0 Å². The molecule has 0 aromatic heterocycles. The maximum atomic E-state index is 3.52. The lowest BCUT2D eigenvalue weighted by Crippen LogP contribution is -1.93. The Morgan fingerprint density at radius 3 is 2.65 bits per heavy atom. The highest BCUT2D eigenvalue weighted by molar-refractivity contribution is 9.09.